The Morgan fingerprint density at radius 1 is 1.15 bits per heavy atom. The smallest absolute Gasteiger partial charge is 0.221 e. The molecule has 174 valence electrons. The molecule has 0 spiro atoms. The zero-order valence-corrected chi connectivity index (χ0v) is 19.9. The molecule has 1 atom stereocenters. The largest absolute Gasteiger partial charge is 0.384 e. The lowest BCUT2D eigenvalue weighted by Crippen LogP contribution is -2.45. The van der Waals surface area contributed by atoms with Crippen molar-refractivity contribution in [3.8, 4) is 0 Å². The third-order valence-corrected chi connectivity index (χ3v) is 8.47. The summed E-state index contributed by atoms with van der Waals surface area (Å²) >= 11 is 6.01. The Kier molecular flexibility index (Phi) is 6.76. The maximum atomic E-state index is 13.1. The first-order valence-corrected chi connectivity index (χ1v) is 12.8. The van der Waals surface area contributed by atoms with Gasteiger partial charge in [0.25, 0.3) is 0 Å². The van der Waals surface area contributed by atoms with Gasteiger partial charge in [-0.2, -0.15) is 0 Å². The van der Waals surface area contributed by atoms with Crippen molar-refractivity contribution in [1.82, 2.24) is 10.3 Å². The highest BCUT2D eigenvalue weighted by Crippen LogP contribution is 2.26. The molecule has 1 saturated heterocycles. The molecule has 1 amide bonds. The zero-order valence-electron chi connectivity index (χ0n) is 18.4. The minimum atomic E-state index is -3.65. The van der Waals surface area contributed by atoms with E-state index in [-0.39, 0.29) is 23.3 Å². The summed E-state index contributed by atoms with van der Waals surface area (Å²) in [7, 11) is -3.65. The van der Waals surface area contributed by atoms with Gasteiger partial charge in [-0.15, -0.1) is 0 Å². The lowest BCUT2D eigenvalue weighted by atomic mass is 10.0. The number of carbonyl (C=O) groups excluding carboxylic acids is 1. The number of amides is 1. The molecule has 0 bridgehead atoms. The number of pyridine rings is 1. The molecule has 1 aliphatic heterocycles. The molecular formula is C24H27ClN4O3S. The van der Waals surface area contributed by atoms with Gasteiger partial charge in [0, 0.05) is 48.5 Å². The molecule has 1 fully saturated rings. The van der Waals surface area contributed by atoms with E-state index in [1.165, 1.54) is 0 Å². The Morgan fingerprint density at radius 2 is 1.85 bits per heavy atom. The van der Waals surface area contributed by atoms with Crippen LogP contribution in [0.15, 0.2) is 59.6 Å². The van der Waals surface area contributed by atoms with Gasteiger partial charge in [0.2, 0.25) is 5.91 Å². The fourth-order valence-corrected chi connectivity index (χ4v) is 5.74. The van der Waals surface area contributed by atoms with Gasteiger partial charge >= 0.3 is 0 Å². The monoisotopic (exact) mass is 486 g/mol. The first-order chi connectivity index (χ1) is 15.7. The van der Waals surface area contributed by atoms with Crippen LogP contribution >= 0.6 is 11.6 Å². The summed E-state index contributed by atoms with van der Waals surface area (Å²) in [6, 6.07) is 14.0. The van der Waals surface area contributed by atoms with Crippen LogP contribution in [0.2, 0.25) is 5.02 Å². The second-order valence-electron chi connectivity index (χ2n) is 8.48. The van der Waals surface area contributed by atoms with Crippen molar-refractivity contribution in [3.05, 3.63) is 59.8 Å². The van der Waals surface area contributed by atoms with Crippen LogP contribution in [0.1, 0.15) is 26.2 Å². The number of hydrogen-bond acceptors (Lipinski definition) is 6. The third kappa shape index (κ3) is 5.39. The number of nitrogens with one attached hydrogen (secondary N) is 1. The lowest BCUT2D eigenvalue weighted by molar-refractivity contribution is -0.121. The number of halogens is 1. The fraction of sp³-hybridized carbons (Fsp3) is 0.333. The highest BCUT2D eigenvalue weighted by Gasteiger charge is 2.28. The van der Waals surface area contributed by atoms with E-state index in [2.05, 4.69) is 15.2 Å². The van der Waals surface area contributed by atoms with Gasteiger partial charge < -0.3 is 16.0 Å². The molecule has 3 aromatic rings. The molecule has 4 rings (SSSR count). The number of piperidine rings is 1. The Balaban J connectivity index is 1.34. The topological polar surface area (TPSA) is 105 Å². The predicted molar refractivity (Wildman–Crippen MR) is 132 cm³/mol. The fourth-order valence-electron chi connectivity index (χ4n) is 4.18. The Morgan fingerprint density at radius 3 is 2.58 bits per heavy atom. The standard InChI is InChI=1S/C24H27ClN4O3S/c1-16(33(31,32)22-5-3-17-13-19(25)4-2-18(17)14-22)12-24(30)28-20-7-10-29(11-8-20)21-6-9-27-23(26)15-21/h2-6,9,13-16,20H,7-8,10-12H2,1H3,(H2,26,27)(H,28,30). The number of fused-ring (bicyclic) bond motifs is 1. The van der Waals surface area contributed by atoms with Crippen LogP contribution in [-0.2, 0) is 14.6 Å². The Labute approximate surface area is 198 Å². The van der Waals surface area contributed by atoms with E-state index >= 15 is 0 Å². The van der Waals surface area contributed by atoms with Crippen molar-refractivity contribution in [2.24, 2.45) is 0 Å². The van der Waals surface area contributed by atoms with Crippen molar-refractivity contribution in [3.63, 3.8) is 0 Å². The molecule has 0 saturated carbocycles. The number of anilines is 2. The Hall–Kier alpha value is -2.84. The first-order valence-electron chi connectivity index (χ1n) is 10.9. The van der Waals surface area contributed by atoms with Crippen molar-refractivity contribution in [2.45, 2.75) is 42.4 Å². The van der Waals surface area contributed by atoms with Crippen LogP contribution in [0.25, 0.3) is 10.8 Å². The number of sulfone groups is 1. The number of nitrogens with two attached hydrogens (primary N) is 1. The molecule has 1 aromatic heterocycles. The van der Waals surface area contributed by atoms with E-state index in [1.807, 2.05) is 12.1 Å². The molecule has 0 radical (unpaired) electrons. The van der Waals surface area contributed by atoms with Crippen molar-refractivity contribution in [2.75, 3.05) is 23.7 Å². The normalized spacial score (nSPS) is 16.0. The van der Waals surface area contributed by atoms with Crippen LogP contribution in [0.5, 0.6) is 0 Å². The van der Waals surface area contributed by atoms with E-state index in [0.29, 0.717) is 10.8 Å². The minimum Gasteiger partial charge on any atom is -0.384 e. The van der Waals surface area contributed by atoms with Crippen LogP contribution in [0.3, 0.4) is 0 Å². The molecule has 0 aliphatic carbocycles. The van der Waals surface area contributed by atoms with Crippen LogP contribution < -0.4 is 16.0 Å². The van der Waals surface area contributed by atoms with Crippen molar-refractivity contribution >= 4 is 49.6 Å². The summed E-state index contributed by atoms with van der Waals surface area (Å²) in [6.07, 6.45) is 3.16. The average molecular weight is 487 g/mol. The average Bonchev–Trinajstić information content (AvgIpc) is 2.79. The van der Waals surface area contributed by atoms with Gasteiger partial charge in [-0.25, -0.2) is 13.4 Å². The van der Waals surface area contributed by atoms with Crippen LogP contribution in [-0.4, -0.2) is 43.7 Å². The number of carbonyl (C=O) groups is 1. The SMILES string of the molecule is CC(CC(=O)NC1CCN(c2ccnc(N)c2)CC1)S(=O)(=O)c1ccc2cc(Cl)ccc2c1. The van der Waals surface area contributed by atoms with Crippen LogP contribution in [0, 0.1) is 0 Å². The number of hydrogen-bond donors (Lipinski definition) is 2. The summed E-state index contributed by atoms with van der Waals surface area (Å²) in [5, 5.41) is 4.44. The number of aromatic nitrogens is 1. The van der Waals surface area contributed by atoms with E-state index in [9.17, 15) is 13.2 Å². The van der Waals surface area contributed by atoms with Crippen molar-refractivity contribution in [1.29, 1.82) is 0 Å². The number of nitrogens with zero attached hydrogens (tertiary/aromatic N) is 2. The molecular weight excluding hydrogens is 460 g/mol. The second-order valence-corrected chi connectivity index (χ2v) is 11.3. The summed E-state index contributed by atoms with van der Waals surface area (Å²) in [5.41, 5.74) is 6.78. The number of benzene rings is 2. The van der Waals surface area contributed by atoms with E-state index < -0.39 is 15.1 Å². The molecule has 1 unspecified atom stereocenters. The van der Waals surface area contributed by atoms with E-state index in [1.54, 1.807) is 49.5 Å². The quantitative estimate of drug-likeness (QED) is 0.549. The van der Waals surface area contributed by atoms with Gasteiger partial charge in [-0.05, 0) is 60.9 Å². The molecule has 7 nitrogen and oxygen atoms in total. The van der Waals surface area contributed by atoms with Crippen LogP contribution in [0.4, 0.5) is 11.5 Å². The van der Waals surface area contributed by atoms with Gasteiger partial charge in [0.15, 0.2) is 9.84 Å². The van der Waals surface area contributed by atoms with Gasteiger partial charge in [-0.1, -0.05) is 23.7 Å². The predicted octanol–water partition coefficient (Wildman–Crippen LogP) is 3.81. The van der Waals surface area contributed by atoms with Gasteiger partial charge in [-0.3, -0.25) is 4.79 Å². The summed E-state index contributed by atoms with van der Waals surface area (Å²) in [6.45, 7) is 3.14. The number of rotatable bonds is 6. The number of nitrogen functional groups attached to an aromatic ring is 1. The molecule has 2 heterocycles. The maximum Gasteiger partial charge on any atom is 0.221 e. The van der Waals surface area contributed by atoms with Gasteiger partial charge in [0.05, 0.1) is 10.1 Å². The molecule has 3 N–H and O–H groups in total. The van der Waals surface area contributed by atoms with E-state index in [0.717, 1.165) is 42.4 Å². The second kappa shape index (κ2) is 9.57. The first kappa shape index (κ1) is 23.3. The third-order valence-electron chi connectivity index (χ3n) is 6.09. The molecule has 9 heteroatoms. The summed E-state index contributed by atoms with van der Waals surface area (Å²) in [4.78, 5) is 19.1. The lowest BCUT2D eigenvalue weighted by Gasteiger charge is -2.34. The molecule has 1 aliphatic rings. The highest BCUT2D eigenvalue weighted by molar-refractivity contribution is 7.92. The summed E-state index contributed by atoms with van der Waals surface area (Å²) in [5.74, 6) is 0.235. The Bertz CT molecular complexity index is 1270. The molecule has 2 aromatic carbocycles. The highest BCUT2D eigenvalue weighted by atomic mass is 35.5. The minimum absolute atomic E-state index is 0.0215. The van der Waals surface area contributed by atoms with Crippen molar-refractivity contribution < 1.29 is 13.2 Å². The van der Waals surface area contributed by atoms with Gasteiger partial charge in [0.1, 0.15) is 5.82 Å². The summed E-state index contributed by atoms with van der Waals surface area (Å²) < 4.78 is 26.1. The zero-order chi connectivity index (χ0) is 23.6. The van der Waals surface area contributed by atoms with E-state index in [4.69, 9.17) is 17.3 Å². The maximum absolute atomic E-state index is 13.1. The molecule has 33 heavy (non-hydrogen) atoms.